The number of methoxy groups -OCH3 is 1. The van der Waals surface area contributed by atoms with Crippen molar-refractivity contribution >= 4 is 23.2 Å². The molecule has 7 heteroatoms. The van der Waals surface area contributed by atoms with Crippen molar-refractivity contribution in [2.75, 3.05) is 38.2 Å². The number of piperazine rings is 1. The second kappa shape index (κ2) is 8.39. The molecule has 2 aliphatic heterocycles. The lowest BCUT2D eigenvalue weighted by molar-refractivity contribution is -0.133. The molecule has 0 radical (unpaired) electrons. The average Bonchev–Trinajstić information content (AvgIpc) is 3.23. The summed E-state index contributed by atoms with van der Waals surface area (Å²) >= 11 is 6.30. The molecule has 2 heterocycles. The second-order valence-corrected chi connectivity index (χ2v) is 7.54. The number of nitrogens with one attached hydrogen (secondary N) is 2. The number of halogens is 1. The normalized spacial score (nSPS) is 22.4. The van der Waals surface area contributed by atoms with Crippen LogP contribution in [0.25, 0.3) is 0 Å². The van der Waals surface area contributed by atoms with Gasteiger partial charge in [0.25, 0.3) is 0 Å². The van der Waals surface area contributed by atoms with Gasteiger partial charge in [-0.05, 0) is 30.2 Å². The summed E-state index contributed by atoms with van der Waals surface area (Å²) in [7, 11) is 1.69. The molecule has 28 heavy (non-hydrogen) atoms. The summed E-state index contributed by atoms with van der Waals surface area (Å²) in [6.45, 7) is 2.98. The Bertz CT molecular complexity index is 839. The van der Waals surface area contributed by atoms with E-state index in [1.807, 2.05) is 47.4 Å². The molecule has 2 fully saturated rings. The van der Waals surface area contributed by atoms with Crippen LogP contribution in [0.4, 0.5) is 5.69 Å². The second-order valence-electron chi connectivity index (χ2n) is 7.14. The van der Waals surface area contributed by atoms with Crippen LogP contribution in [0.5, 0.6) is 5.75 Å². The maximum Gasteiger partial charge on any atom is 0.241 e. The van der Waals surface area contributed by atoms with Crippen molar-refractivity contribution < 1.29 is 9.53 Å². The largest absolute Gasteiger partial charge is 0.495 e. The lowest BCUT2D eigenvalue weighted by atomic mass is 10.0. The van der Waals surface area contributed by atoms with Crippen molar-refractivity contribution in [2.45, 2.75) is 18.5 Å². The molecule has 2 aromatic rings. The number of hydrogen-bond donors (Lipinski definition) is 2. The Morgan fingerprint density at radius 3 is 2.50 bits per heavy atom. The summed E-state index contributed by atoms with van der Waals surface area (Å²) in [5, 5.41) is 0.723. The van der Waals surface area contributed by atoms with Crippen LogP contribution in [0.2, 0.25) is 5.02 Å². The van der Waals surface area contributed by atoms with Gasteiger partial charge in [0.1, 0.15) is 11.8 Å². The van der Waals surface area contributed by atoms with Crippen molar-refractivity contribution in [3.63, 3.8) is 0 Å². The van der Waals surface area contributed by atoms with E-state index in [0.717, 1.165) is 35.1 Å². The zero-order chi connectivity index (χ0) is 19.5. The van der Waals surface area contributed by atoms with Crippen LogP contribution in [-0.4, -0.2) is 50.1 Å². The van der Waals surface area contributed by atoms with E-state index < -0.39 is 0 Å². The highest BCUT2D eigenvalue weighted by atomic mass is 35.5. The third kappa shape index (κ3) is 3.81. The zero-order valence-electron chi connectivity index (χ0n) is 15.9. The highest BCUT2D eigenvalue weighted by Crippen LogP contribution is 2.30. The Morgan fingerprint density at radius 2 is 1.75 bits per heavy atom. The molecular weight excluding hydrogens is 376 g/mol. The van der Waals surface area contributed by atoms with Gasteiger partial charge in [0.05, 0.1) is 12.8 Å². The number of ether oxygens (including phenoxy) is 1. The van der Waals surface area contributed by atoms with Crippen molar-refractivity contribution in [1.82, 2.24) is 15.8 Å². The maximum atomic E-state index is 13.0. The maximum absolute atomic E-state index is 13.0. The summed E-state index contributed by atoms with van der Waals surface area (Å²) < 4.78 is 5.47. The quantitative estimate of drug-likeness (QED) is 0.826. The van der Waals surface area contributed by atoms with Gasteiger partial charge in [-0.1, -0.05) is 41.9 Å². The molecule has 0 saturated carbocycles. The fourth-order valence-electron chi connectivity index (χ4n) is 3.96. The third-order valence-corrected chi connectivity index (χ3v) is 5.84. The van der Waals surface area contributed by atoms with Crippen LogP contribution >= 0.6 is 11.6 Å². The van der Waals surface area contributed by atoms with Crippen LogP contribution < -0.4 is 20.5 Å². The number of para-hydroxylation sites is 2. The summed E-state index contributed by atoms with van der Waals surface area (Å²) in [5.41, 5.74) is 8.48. The van der Waals surface area contributed by atoms with Crippen LogP contribution in [0.15, 0.2) is 48.5 Å². The summed E-state index contributed by atoms with van der Waals surface area (Å²) in [6, 6.07) is 15.6. The molecule has 2 atom stereocenters. The smallest absolute Gasteiger partial charge is 0.241 e. The highest BCUT2D eigenvalue weighted by Gasteiger charge is 2.34. The van der Waals surface area contributed by atoms with E-state index in [1.54, 1.807) is 7.11 Å². The molecule has 2 N–H and O–H groups in total. The van der Waals surface area contributed by atoms with Crippen molar-refractivity contribution in [1.29, 1.82) is 0 Å². The van der Waals surface area contributed by atoms with Gasteiger partial charge in [0.2, 0.25) is 5.91 Å². The van der Waals surface area contributed by atoms with E-state index in [2.05, 4.69) is 21.8 Å². The number of carbonyl (C=O) groups excluding carboxylic acids is 1. The molecule has 2 unspecified atom stereocenters. The Balaban J connectivity index is 1.35. The number of hydrogen-bond acceptors (Lipinski definition) is 5. The van der Waals surface area contributed by atoms with E-state index >= 15 is 0 Å². The number of carbonyl (C=O) groups is 1. The first kappa shape index (κ1) is 19.1. The van der Waals surface area contributed by atoms with E-state index in [9.17, 15) is 4.79 Å². The van der Waals surface area contributed by atoms with Crippen molar-refractivity contribution in [2.24, 2.45) is 0 Å². The molecule has 0 spiro atoms. The van der Waals surface area contributed by atoms with Gasteiger partial charge >= 0.3 is 0 Å². The molecule has 0 bridgehead atoms. The molecule has 4 rings (SSSR count). The number of anilines is 1. The van der Waals surface area contributed by atoms with Gasteiger partial charge in [0, 0.05) is 37.2 Å². The van der Waals surface area contributed by atoms with Crippen LogP contribution in [0.1, 0.15) is 18.0 Å². The Morgan fingerprint density at radius 1 is 1.04 bits per heavy atom. The SMILES string of the molecule is COc1ccccc1N1CCN(C(=O)C2CC(c3ccccc3Cl)NN2)CC1. The minimum absolute atomic E-state index is 0.0394. The molecule has 2 aromatic carbocycles. The van der Waals surface area contributed by atoms with Gasteiger partial charge in [-0.3, -0.25) is 4.79 Å². The first-order chi connectivity index (χ1) is 13.7. The first-order valence-electron chi connectivity index (χ1n) is 9.59. The molecule has 2 aliphatic rings. The minimum Gasteiger partial charge on any atom is -0.495 e. The topological polar surface area (TPSA) is 56.8 Å². The van der Waals surface area contributed by atoms with Crippen LogP contribution in [0.3, 0.4) is 0 Å². The van der Waals surface area contributed by atoms with Crippen molar-refractivity contribution in [3.05, 3.63) is 59.1 Å². The lowest BCUT2D eigenvalue weighted by Gasteiger charge is -2.37. The Hall–Kier alpha value is -2.28. The predicted molar refractivity (Wildman–Crippen MR) is 111 cm³/mol. The Labute approximate surface area is 170 Å². The molecule has 148 valence electrons. The Kier molecular flexibility index (Phi) is 5.71. The molecule has 1 amide bonds. The average molecular weight is 401 g/mol. The zero-order valence-corrected chi connectivity index (χ0v) is 16.7. The number of benzene rings is 2. The predicted octanol–water partition coefficient (Wildman–Crippen LogP) is 2.61. The van der Waals surface area contributed by atoms with E-state index in [4.69, 9.17) is 16.3 Å². The van der Waals surface area contributed by atoms with E-state index in [0.29, 0.717) is 19.5 Å². The molecule has 0 aromatic heterocycles. The van der Waals surface area contributed by atoms with Gasteiger partial charge in [-0.25, -0.2) is 10.9 Å². The van der Waals surface area contributed by atoms with E-state index in [-0.39, 0.29) is 18.0 Å². The molecule has 0 aliphatic carbocycles. The van der Waals surface area contributed by atoms with Gasteiger partial charge in [0.15, 0.2) is 0 Å². The molecular formula is C21H25ClN4O2. The van der Waals surface area contributed by atoms with Crippen LogP contribution in [0, 0.1) is 0 Å². The molecule has 6 nitrogen and oxygen atoms in total. The number of hydrazine groups is 1. The van der Waals surface area contributed by atoms with E-state index in [1.165, 1.54) is 0 Å². The first-order valence-corrected chi connectivity index (χ1v) is 9.97. The number of amides is 1. The number of nitrogens with zero attached hydrogens (tertiary/aromatic N) is 2. The summed E-state index contributed by atoms with van der Waals surface area (Å²) in [4.78, 5) is 17.2. The van der Waals surface area contributed by atoms with Gasteiger partial charge in [-0.15, -0.1) is 0 Å². The summed E-state index contributed by atoms with van der Waals surface area (Å²) in [6.07, 6.45) is 0.690. The number of rotatable bonds is 4. The highest BCUT2D eigenvalue weighted by molar-refractivity contribution is 6.31. The minimum atomic E-state index is -0.237. The fourth-order valence-corrected chi connectivity index (χ4v) is 4.23. The summed E-state index contributed by atoms with van der Waals surface area (Å²) in [5.74, 6) is 1.01. The van der Waals surface area contributed by atoms with Crippen molar-refractivity contribution in [3.8, 4) is 5.75 Å². The standard InChI is InChI=1S/C21H25ClN4O2/c1-28-20-9-5-4-8-19(20)25-10-12-26(13-11-25)21(27)18-14-17(23-24-18)15-6-2-3-7-16(15)22/h2-9,17-18,23-24H,10-14H2,1H3. The van der Waals surface area contributed by atoms with Crippen LogP contribution in [-0.2, 0) is 4.79 Å². The van der Waals surface area contributed by atoms with Gasteiger partial charge < -0.3 is 14.5 Å². The fraction of sp³-hybridized carbons (Fsp3) is 0.381. The third-order valence-electron chi connectivity index (χ3n) is 5.50. The van der Waals surface area contributed by atoms with Gasteiger partial charge in [-0.2, -0.15) is 0 Å². The lowest BCUT2D eigenvalue weighted by Crippen LogP contribution is -2.53. The molecule has 2 saturated heterocycles. The monoisotopic (exact) mass is 400 g/mol.